The first-order chi connectivity index (χ1) is 11.1. The summed E-state index contributed by atoms with van der Waals surface area (Å²) >= 11 is 0. The maximum atomic E-state index is 14.4. The number of carbonyl (C=O) groups excluding carboxylic acids is 1. The lowest BCUT2D eigenvalue weighted by Gasteiger charge is -2.07. The third-order valence-electron chi connectivity index (χ3n) is 3.39. The SMILES string of the molecule is CCOC(=O)c1ncc2cc(-c3ccccc3)c(=O)[nH]c2c1F. The molecule has 0 bridgehead atoms. The van der Waals surface area contributed by atoms with Gasteiger partial charge in [0.05, 0.1) is 12.1 Å². The molecule has 1 aromatic carbocycles. The van der Waals surface area contributed by atoms with E-state index in [1.54, 1.807) is 25.1 Å². The Bertz CT molecular complexity index is 936. The Labute approximate surface area is 130 Å². The van der Waals surface area contributed by atoms with Crippen LogP contribution in [-0.2, 0) is 4.74 Å². The minimum absolute atomic E-state index is 0.0623. The zero-order valence-corrected chi connectivity index (χ0v) is 12.3. The van der Waals surface area contributed by atoms with E-state index in [9.17, 15) is 14.0 Å². The Morgan fingerprint density at radius 1 is 1.30 bits per heavy atom. The molecule has 2 heterocycles. The summed E-state index contributed by atoms with van der Waals surface area (Å²) in [6.07, 6.45) is 1.34. The highest BCUT2D eigenvalue weighted by molar-refractivity contribution is 5.93. The number of halogens is 1. The van der Waals surface area contributed by atoms with Gasteiger partial charge in [0, 0.05) is 17.1 Å². The lowest BCUT2D eigenvalue weighted by molar-refractivity contribution is 0.0514. The minimum atomic E-state index is -0.891. The second-order valence-electron chi connectivity index (χ2n) is 4.85. The monoisotopic (exact) mass is 312 g/mol. The average molecular weight is 312 g/mol. The van der Waals surface area contributed by atoms with E-state index < -0.39 is 23.0 Å². The van der Waals surface area contributed by atoms with Crippen LogP contribution in [0.1, 0.15) is 17.4 Å². The number of ether oxygens (including phenoxy) is 1. The molecule has 5 nitrogen and oxygen atoms in total. The minimum Gasteiger partial charge on any atom is -0.461 e. The number of hydrogen-bond acceptors (Lipinski definition) is 4. The topological polar surface area (TPSA) is 72.0 Å². The second-order valence-corrected chi connectivity index (χ2v) is 4.85. The van der Waals surface area contributed by atoms with Gasteiger partial charge in [-0.3, -0.25) is 4.79 Å². The maximum absolute atomic E-state index is 14.4. The molecule has 116 valence electrons. The van der Waals surface area contributed by atoms with Crippen LogP contribution < -0.4 is 5.56 Å². The highest BCUT2D eigenvalue weighted by atomic mass is 19.1. The Hall–Kier alpha value is -3.02. The number of benzene rings is 1. The van der Waals surface area contributed by atoms with Crippen molar-refractivity contribution in [1.82, 2.24) is 9.97 Å². The summed E-state index contributed by atoms with van der Waals surface area (Å²) < 4.78 is 19.2. The van der Waals surface area contributed by atoms with Crippen molar-refractivity contribution in [3.05, 3.63) is 64.5 Å². The average Bonchev–Trinajstić information content (AvgIpc) is 2.56. The molecule has 23 heavy (non-hydrogen) atoms. The molecule has 0 aliphatic heterocycles. The summed E-state index contributed by atoms with van der Waals surface area (Å²) in [6, 6.07) is 10.6. The van der Waals surface area contributed by atoms with Gasteiger partial charge in [-0.05, 0) is 18.6 Å². The molecule has 0 amide bonds. The fraction of sp³-hybridized carbons (Fsp3) is 0.118. The lowest BCUT2D eigenvalue weighted by atomic mass is 10.1. The Balaban J connectivity index is 2.18. The molecule has 0 fully saturated rings. The summed E-state index contributed by atoms with van der Waals surface area (Å²) in [5, 5.41) is 0.397. The third-order valence-corrected chi connectivity index (χ3v) is 3.39. The quantitative estimate of drug-likeness (QED) is 0.755. The molecule has 0 aliphatic carbocycles. The van der Waals surface area contributed by atoms with E-state index in [4.69, 9.17) is 4.74 Å². The van der Waals surface area contributed by atoms with E-state index in [2.05, 4.69) is 9.97 Å². The lowest BCUT2D eigenvalue weighted by Crippen LogP contribution is -2.14. The number of nitrogens with zero attached hydrogens (tertiary/aromatic N) is 1. The summed E-state index contributed by atoms with van der Waals surface area (Å²) in [6.45, 7) is 1.73. The Kier molecular flexibility index (Phi) is 3.89. The van der Waals surface area contributed by atoms with E-state index in [1.165, 1.54) is 6.20 Å². The third kappa shape index (κ3) is 2.70. The van der Waals surface area contributed by atoms with E-state index in [0.717, 1.165) is 0 Å². The number of pyridine rings is 2. The van der Waals surface area contributed by atoms with Gasteiger partial charge < -0.3 is 9.72 Å². The van der Waals surface area contributed by atoms with Gasteiger partial charge in [-0.1, -0.05) is 30.3 Å². The predicted molar refractivity (Wildman–Crippen MR) is 83.7 cm³/mol. The van der Waals surface area contributed by atoms with Crippen LogP contribution in [-0.4, -0.2) is 22.5 Å². The van der Waals surface area contributed by atoms with E-state index in [0.29, 0.717) is 16.5 Å². The van der Waals surface area contributed by atoms with Crippen molar-refractivity contribution in [1.29, 1.82) is 0 Å². The number of aromatic amines is 1. The maximum Gasteiger partial charge on any atom is 0.360 e. The van der Waals surface area contributed by atoms with Gasteiger partial charge >= 0.3 is 5.97 Å². The first-order valence-corrected chi connectivity index (χ1v) is 7.06. The number of aromatic nitrogens is 2. The molecule has 0 atom stereocenters. The van der Waals surface area contributed by atoms with Crippen LogP contribution in [0.25, 0.3) is 22.0 Å². The van der Waals surface area contributed by atoms with Crippen LogP contribution in [0.15, 0.2) is 47.4 Å². The second kappa shape index (κ2) is 6.00. The molecule has 0 radical (unpaired) electrons. The van der Waals surface area contributed by atoms with Crippen molar-refractivity contribution in [3.8, 4) is 11.1 Å². The van der Waals surface area contributed by atoms with Crippen molar-refractivity contribution >= 4 is 16.9 Å². The van der Waals surface area contributed by atoms with E-state index >= 15 is 0 Å². The standard InChI is InChI=1S/C17H13FN2O3/c1-2-23-17(22)15-13(18)14-11(9-19-15)8-12(16(21)20-14)10-6-4-3-5-7-10/h3-9H,2H2,1H3,(H,20,21). The zero-order chi connectivity index (χ0) is 16.4. The number of esters is 1. The van der Waals surface area contributed by atoms with Crippen LogP contribution in [0.2, 0.25) is 0 Å². The van der Waals surface area contributed by atoms with E-state index in [1.807, 2.05) is 18.2 Å². The summed E-state index contributed by atoms with van der Waals surface area (Å²) in [7, 11) is 0. The van der Waals surface area contributed by atoms with Gasteiger partial charge in [0.15, 0.2) is 11.5 Å². The fourth-order valence-electron chi connectivity index (χ4n) is 2.31. The molecule has 2 aromatic heterocycles. The van der Waals surface area contributed by atoms with Crippen molar-refractivity contribution in [2.75, 3.05) is 6.61 Å². The Morgan fingerprint density at radius 2 is 2.04 bits per heavy atom. The number of fused-ring (bicyclic) bond motifs is 1. The number of carbonyl (C=O) groups is 1. The van der Waals surface area contributed by atoms with Crippen LogP contribution in [0.4, 0.5) is 4.39 Å². The summed E-state index contributed by atoms with van der Waals surface area (Å²) in [5.41, 5.74) is 0.174. The number of rotatable bonds is 3. The molecule has 0 saturated carbocycles. The van der Waals surface area contributed by atoms with Crippen molar-refractivity contribution in [2.24, 2.45) is 0 Å². The molecule has 0 spiro atoms. The van der Waals surface area contributed by atoms with E-state index in [-0.39, 0.29) is 12.1 Å². The smallest absolute Gasteiger partial charge is 0.360 e. The molecule has 0 unspecified atom stereocenters. The molecule has 3 rings (SSSR count). The van der Waals surface area contributed by atoms with Gasteiger partial charge in [-0.25, -0.2) is 14.2 Å². The first-order valence-electron chi connectivity index (χ1n) is 7.06. The zero-order valence-electron chi connectivity index (χ0n) is 12.3. The molecule has 6 heteroatoms. The predicted octanol–water partition coefficient (Wildman–Crippen LogP) is 2.91. The molecular weight excluding hydrogens is 299 g/mol. The molecule has 3 aromatic rings. The van der Waals surface area contributed by atoms with Crippen LogP contribution in [0.5, 0.6) is 0 Å². The van der Waals surface area contributed by atoms with Gasteiger partial charge in [-0.15, -0.1) is 0 Å². The molecular formula is C17H13FN2O3. The summed E-state index contributed by atoms with van der Waals surface area (Å²) in [5.74, 6) is -1.75. The van der Waals surface area contributed by atoms with Crippen molar-refractivity contribution < 1.29 is 13.9 Å². The number of H-pyrrole nitrogens is 1. The van der Waals surface area contributed by atoms with Crippen LogP contribution >= 0.6 is 0 Å². The van der Waals surface area contributed by atoms with Crippen LogP contribution in [0.3, 0.4) is 0 Å². The van der Waals surface area contributed by atoms with Gasteiger partial charge in [0.1, 0.15) is 0 Å². The van der Waals surface area contributed by atoms with Gasteiger partial charge in [-0.2, -0.15) is 0 Å². The van der Waals surface area contributed by atoms with Crippen molar-refractivity contribution in [3.63, 3.8) is 0 Å². The van der Waals surface area contributed by atoms with Gasteiger partial charge in [0.25, 0.3) is 5.56 Å². The summed E-state index contributed by atoms with van der Waals surface area (Å²) in [4.78, 5) is 30.2. The molecule has 1 N–H and O–H groups in total. The Morgan fingerprint density at radius 3 is 2.74 bits per heavy atom. The van der Waals surface area contributed by atoms with Gasteiger partial charge in [0.2, 0.25) is 0 Å². The first kappa shape index (κ1) is 14.9. The van der Waals surface area contributed by atoms with Crippen molar-refractivity contribution in [2.45, 2.75) is 6.92 Å². The molecule has 0 aliphatic rings. The largest absolute Gasteiger partial charge is 0.461 e. The fourth-order valence-corrected chi connectivity index (χ4v) is 2.31. The normalized spacial score (nSPS) is 10.7. The molecule has 0 saturated heterocycles. The van der Waals surface area contributed by atoms with Crippen LogP contribution in [0, 0.1) is 5.82 Å². The number of nitrogens with one attached hydrogen (secondary N) is 1. The highest BCUT2D eigenvalue weighted by Gasteiger charge is 2.19. The number of hydrogen-bond donors (Lipinski definition) is 1. The highest BCUT2D eigenvalue weighted by Crippen LogP contribution is 2.22.